The monoisotopic (exact) mass is 292 g/mol. The number of hydrogen-bond acceptors (Lipinski definition) is 6. The van der Waals surface area contributed by atoms with Gasteiger partial charge in [0, 0.05) is 23.5 Å². The number of anilines is 1. The second kappa shape index (κ2) is 6.31. The Morgan fingerprint density at radius 1 is 1.45 bits per heavy atom. The average molecular weight is 293 g/mol. The van der Waals surface area contributed by atoms with Crippen molar-refractivity contribution in [1.29, 1.82) is 0 Å². The third-order valence-corrected chi connectivity index (χ3v) is 2.96. The molecule has 0 aromatic carbocycles. The van der Waals surface area contributed by atoms with Crippen LogP contribution in [0.4, 0.5) is 5.82 Å². The number of nitrogens with one attached hydrogen (secondary N) is 1. The average Bonchev–Trinajstić information content (AvgIpc) is 2.45. The molecule has 20 heavy (non-hydrogen) atoms. The van der Waals surface area contributed by atoms with E-state index in [1.165, 1.54) is 12.4 Å². The number of halogens is 1. The fourth-order valence-electron chi connectivity index (χ4n) is 1.55. The third-order valence-electron chi connectivity index (χ3n) is 2.65. The van der Waals surface area contributed by atoms with Crippen molar-refractivity contribution >= 4 is 23.6 Å². The maximum Gasteiger partial charge on any atom is 0.165 e. The largest absolute Gasteiger partial charge is 0.505 e. The Kier molecular flexibility index (Phi) is 4.49. The predicted octanol–water partition coefficient (Wildman–Crippen LogP) is 2.08. The number of pyridine rings is 2. The van der Waals surface area contributed by atoms with E-state index in [1.54, 1.807) is 25.3 Å². The topological polar surface area (TPSA) is 90.6 Å². The minimum atomic E-state index is -0.244. The highest BCUT2D eigenvalue weighted by atomic mass is 35.5. The van der Waals surface area contributed by atoms with Gasteiger partial charge in [0.15, 0.2) is 5.82 Å². The van der Waals surface area contributed by atoms with Crippen LogP contribution in [0.2, 0.25) is 5.02 Å². The van der Waals surface area contributed by atoms with E-state index in [-0.39, 0.29) is 12.4 Å². The summed E-state index contributed by atoms with van der Waals surface area (Å²) in [4.78, 5) is 7.98. The summed E-state index contributed by atoms with van der Waals surface area (Å²) in [6.07, 6.45) is 4.46. The molecule has 2 aromatic rings. The molecule has 0 aliphatic rings. The first kappa shape index (κ1) is 14.2. The van der Waals surface area contributed by atoms with Crippen LogP contribution in [-0.4, -0.2) is 26.4 Å². The summed E-state index contributed by atoms with van der Waals surface area (Å²) in [6, 6.07) is 3.39. The molecular formula is C13H13ClN4O2. The van der Waals surface area contributed by atoms with Crippen LogP contribution in [0.3, 0.4) is 0 Å². The number of aromatic hydroxyl groups is 1. The van der Waals surface area contributed by atoms with E-state index < -0.39 is 0 Å². The second-order valence-electron chi connectivity index (χ2n) is 3.99. The van der Waals surface area contributed by atoms with Gasteiger partial charge in [-0.2, -0.15) is 5.10 Å². The first-order chi connectivity index (χ1) is 9.63. The van der Waals surface area contributed by atoms with Gasteiger partial charge in [-0.1, -0.05) is 11.6 Å². The molecule has 0 radical (unpaired) electrons. The lowest BCUT2D eigenvalue weighted by atomic mass is 10.1. The number of nitrogens with zero attached hydrogens (tertiary/aromatic N) is 3. The Labute approximate surface area is 120 Å². The van der Waals surface area contributed by atoms with E-state index in [9.17, 15) is 10.2 Å². The van der Waals surface area contributed by atoms with Crippen molar-refractivity contribution in [2.45, 2.75) is 13.5 Å². The third kappa shape index (κ3) is 3.04. The van der Waals surface area contributed by atoms with Gasteiger partial charge in [0.1, 0.15) is 5.75 Å². The smallest absolute Gasteiger partial charge is 0.165 e. The van der Waals surface area contributed by atoms with Crippen molar-refractivity contribution in [3.8, 4) is 5.75 Å². The van der Waals surface area contributed by atoms with Gasteiger partial charge in [-0.05, 0) is 19.1 Å². The molecule has 0 aliphatic heterocycles. The van der Waals surface area contributed by atoms with Crippen LogP contribution < -0.4 is 5.43 Å². The van der Waals surface area contributed by atoms with Gasteiger partial charge in [-0.15, -0.1) is 0 Å². The summed E-state index contributed by atoms with van der Waals surface area (Å²) >= 11 is 5.92. The van der Waals surface area contributed by atoms with E-state index in [2.05, 4.69) is 20.5 Å². The number of hydrogen-bond donors (Lipinski definition) is 3. The zero-order valence-corrected chi connectivity index (χ0v) is 11.5. The molecule has 0 aliphatic carbocycles. The SMILES string of the molecule is Cc1ncc(CO)c(C=NNc2ncccc2Cl)c1O. The lowest BCUT2D eigenvalue weighted by Crippen LogP contribution is -2.00. The van der Waals surface area contributed by atoms with Crippen molar-refractivity contribution < 1.29 is 10.2 Å². The summed E-state index contributed by atoms with van der Waals surface area (Å²) in [5.74, 6) is 0.385. The normalized spacial score (nSPS) is 10.9. The van der Waals surface area contributed by atoms with Crippen LogP contribution in [0, 0.1) is 6.92 Å². The Bertz CT molecular complexity index is 646. The Balaban J connectivity index is 2.24. The molecule has 0 amide bonds. The molecule has 3 N–H and O–H groups in total. The van der Waals surface area contributed by atoms with Gasteiger partial charge in [-0.25, -0.2) is 4.98 Å². The standard InChI is InChI=1S/C13H13ClN4O2/c1-8-12(20)10(9(7-19)5-16-8)6-17-18-13-11(14)3-2-4-15-13/h2-6,19-20H,7H2,1H3,(H,15,18). The van der Waals surface area contributed by atoms with Gasteiger partial charge in [0.2, 0.25) is 0 Å². The van der Waals surface area contributed by atoms with Crippen LogP contribution in [0.25, 0.3) is 0 Å². The number of aliphatic hydroxyl groups is 1. The van der Waals surface area contributed by atoms with Crippen LogP contribution in [0.5, 0.6) is 5.75 Å². The number of rotatable bonds is 4. The molecule has 0 spiro atoms. The number of hydrazone groups is 1. The van der Waals surface area contributed by atoms with Crippen molar-refractivity contribution in [3.05, 3.63) is 46.4 Å². The highest BCUT2D eigenvalue weighted by Crippen LogP contribution is 2.22. The van der Waals surface area contributed by atoms with Gasteiger partial charge in [-0.3, -0.25) is 10.4 Å². The maximum absolute atomic E-state index is 9.93. The van der Waals surface area contributed by atoms with Crippen molar-refractivity contribution in [3.63, 3.8) is 0 Å². The molecule has 2 aromatic heterocycles. The highest BCUT2D eigenvalue weighted by Gasteiger charge is 2.09. The van der Waals surface area contributed by atoms with Gasteiger partial charge < -0.3 is 10.2 Å². The molecule has 0 unspecified atom stereocenters. The van der Waals surface area contributed by atoms with Crippen molar-refractivity contribution in [2.24, 2.45) is 5.10 Å². The minimum absolute atomic E-state index is 0.0192. The molecule has 0 bridgehead atoms. The van der Waals surface area contributed by atoms with Gasteiger partial charge in [0.05, 0.1) is 23.5 Å². The highest BCUT2D eigenvalue weighted by molar-refractivity contribution is 6.32. The quantitative estimate of drug-likeness (QED) is 0.593. The summed E-state index contributed by atoms with van der Waals surface area (Å²) in [5.41, 5.74) is 4.01. The van der Waals surface area contributed by atoms with Crippen LogP contribution in [0.1, 0.15) is 16.8 Å². The van der Waals surface area contributed by atoms with Gasteiger partial charge >= 0.3 is 0 Å². The van der Waals surface area contributed by atoms with Crippen LogP contribution in [0.15, 0.2) is 29.6 Å². The van der Waals surface area contributed by atoms with E-state index in [4.69, 9.17) is 11.6 Å². The van der Waals surface area contributed by atoms with Crippen LogP contribution in [-0.2, 0) is 6.61 Å². The minimum Gasteiger partial charge on any atom is -0.505 e. The van der Waals surface area contributed by atoms with Gasteiger partial charge in [0.25, 0.3) is 0 Å². The first-order valence-electron chi connectivity index (χ1n) is 5.81. The van der Waals surface area contributed by atoms with Crippen molar-refractivity contribution in [1.82, 2.24) is 9.97 Å². The molecular weight excluding hydrogens is 280 g/mol. The molecule has 6 nitrogen and oxygen atoms in total. The lowest BCUT2D eigenvalue weighted by Gasteiger charge is -2.07. The zero-order valence-electron chi connectivity index (χ0n) is 10.7. The molecule has 0 fully saturated rings. The summed E-state index contributed by atoms with van der Waals surface area (Å²) in [5, 5.41) is 23.5. The number of aromatic nitrogens is 2. The van der Waals surface area contributed by atoms with Crippen molar-refractivity contribution in [2.75, 3.05) is 5.43 Å². The lowest BCUT2D eigenvalue weighted by molar-refractivity contribution is 0.280. The molecule has 104 valence electrons. The predicted molar refractivity (Wildman–Crippen MR) is 77.0 cm³/mol. The Morgan fingerprint density at radius 3 is 2.95 bits per heavy atom. The molecule has 2 rings (SSSR count). The fraction of sp³-hybridized carbons (Fsp3) is 0.154. The fourth-order valence-corrected chi connectivity index (χ4v) is 1.71. The molecule has 0 saturated heterocycles. The second-order valence-corrected chi connectivity index (χ2v) is 4.40. The van der Waals surface area contributed by atoms with E-state index >= 15 is 0 Å². The van der Waals surface area contributed by atoms with E-state index in [1.807, 2.05) is 0 Å². The summed E-state index contributed by atoms with van der Waals surface area (Å²) < 4.78 is 0. The molecule has 0 saturated carbocycles. The summed E-state index contributed by atoms with van der Waals surface area (Å²) in [6.45, 7) is 1.42. The Hall–Kier alpha value is -2.18. The first-order valence-corrected chi connectivity index (χ1v) is 6.19. The number of aryl methyl sites for hydroxylation is 1. The summed E-state index contributed by atoms with van der Waals surface area (Å²) in [7, 11) is 0. The molecule has 0 atom stereocenters. The van der Waals surface area contributed by atoms with E-state index in [0.29, 0.717) is 27.7 Å². The Morgan fingerprint density at radius 2 is 2.25 bits per heavy atom. The molecule has 7 heteroatoms. The maximum atomic E-state index is 9.93. The zero-order chi connectivity index (χ0) is 14.5. The van der Waals surface area contributed by atoms with E-state index in [0.717, 1.165) is 0 Å². The number of aliphatic hydroxyl groups excluding tert-OH is 1. The van der Waals surface area contributed by atoms with Crippen LogP contribution >= 0.6 is 11.6 Å². The molecule has 2 heterocycles.